The molecule has 2 nitrogen and oxygen atoms in total. The van der Waals surface area contributed by atoms with Crippen molar-refractivity contribution in [2.24, 2.45) is 0 Å². The van der Waals surface area contributed by atoms with Gasteiger partial charge in [0, 0.05) is 18.4 Å². The Kier molecular flexibility index (Phi) is 2.98. The lowest BCUT2D eigenvalue weighted by Crippen LogP contribution is -2.13. The zero-order valence-corrected chi connectivity index (χ0v) is 6.88. The summed E-state index contributed by atoms with van der Waals surface area (Å²) in [6, 6.07) is 3.21. The van der Waals surface area contributed by atoms with Gasteiger partial charge in [0.25, 0.3) is 0 Å². The fourth-order valence-electron chi connectivity index (χ4n) is 1.06. The van der Waals surface area contributed by atoms with Crippen molar-refractivity contribution >= 4 is 0 Å². The van der Waals surface area contributed by atoms with Crippen LogP contribution in [0, 0.1) is 0 Å². The van der Waals surface area contributed by atoms with Crippen LogP contribution in [0.2, 0.25) is 0 Å². The van der Waals surface area contributed by atoms with Crippen LogP contribution in [-0.2, 0) is 13.2 Å². The molecule has 0 spiro atoms. The quantitative estimate of drug-likeness (QED) is 0.779. The van der Waals surface area contributed by atoms with E-state index in [2.05, 4.69) is 0 Å². The van der Waals surface area contributed by atoms with E-state index in [1.807, 2.05) is 0 Å². The Morgan fingerprint density at radius 3 is 2.62 bits per heavy atom. The minimum atomic E-state index is -4.14. The molecule has 74 valence electrons. The Labute approximate surface area is 73.6 Å². The maximum Gasteiger partial charge on any atom is 0.390 e. The number of alkyl halides is 3. The Morgan fingerprint density at radius 1 is 1.38 bits per heavy atom. The first-order valence-corrected chi connectivity index (χ1v) is 3.84. The van der Waals surface area contributed by atoms with E-state index in [0.29, 0.717) is 5.69 Å². The zero-order valence-electron chi connectivity index (χ0n) is 6.88. The third-order valence-electron chi connectivity index (χ3n) is 1.72. The summed E-state index contributed by atoms with van der Waals surface area (Å²) in [4.78, 5) is 0. The van der Waals surface area contributed by atoms with Gasteiger partial charge < -0.3 is 9.67 Å². The minimum Gasteiger partial charge on any atom is -0.390 e. The predicted molar refractivity (Wildman–Crippen MR) is 41.0 cm³/mol. The van der Waals surface area contributed by atoms with Crippen LogP contribution < -0.4 is 0 Å². The third kappa shape index (κ3) is 3.10. The van der Waals surface area contributed by atoms with Gasteiger partial charge in [-0.1, -0.05) is 0 Å². The topological polar surface area (TPSA) is 25.2 Å². The second-order valence-corrected chi connectivity index (χ2v) is 2.72. The number of aromatic nitrogens is 1. The largest absolute Gasteiger partial charge is 0.390 e. The van der Waals surface area contributed by atoms with Crippen molar-refractivity contribution in [2.75, 3.05) is 0 Å². The summed E-state index contributed by atoms with van der Waals surface area (Å²) in [7, 11) is 0. The van der Waals surface area contributed by atoms with Crippen molar-refractivity contribution in [3.8, 4) is 0 Å². The van der Waals surface area contributed by atoms with Gasteiger partial charge >= 0.3 is 6.18 Å². The summed E-state index contributed by atoms with van der Waals surface area (Å²) in [5.74, 6) is 0. The molecule has 0 saturated carbocycles. The first-order valence-electron chi connectivity index (χ1n) is 3.84. The molecule has 0 unspecified atom stereocenters. The average molecular weight is 193 g/mol. The number of hydrogen-bond acceptors (Lipinski definition) is 1. The molecule has 0 atom stereocenters. The van der Waals surface area contributed by atoms with Gasteiger partial charge in [0.15, 0.2) is 0 Å². The molecule has 1 N–H and O–H groups in total. The highest BCUT2D eigenvalue weighted by Crippen LogP contribution is 2.20. The molecule has 1 heterocycles. The SMILES string of the molecule is OCc1cccn1CCC(F)(F)F. The lowest BCUT2D eigenvalue weighted by atomic mass is 10.4. The summed E-state index contributed by atoms with van der Waals surface area (Å²) >= 11 is 0. The monoisotopic (exact) mass is 193 g/mol. The van der Waals surface area contributed by atoms with E-state index in [4.69, 9.17) is 5.11 Å². The molecule has 0 aliphatic carbocycles. The number of nitrogens with zero attached hydrogens (tertiary/aromatic N) is 1. The van der Waals surface area contributed by atoms with Gasteiger partial charge in [-0.3, -0.25) is 0 Å². The average Bonchev–Trinajstić information content (AvgIpc) is 2.46. The number of hydrogen-bond donors (Lipinski definition) is 1. The van der Waals surface area contributed by atoms with Crippen LogP contribution >= 0.6 is 0 Å². The van der Waals surface area contributed by atoms with Crippen LogP contribution in [0.25, 0.3) is 0 Å². The Bertz CT molecular complexity index is 267. The van der Waals surface area contributed by atoms with Gasteiger partial charge in [-0.15, -0.1) is 0 Å². The Morgan fingerprint density at radius 2 is 2.08 bits per heavy atom. The first kappa shape index (κ1) is 10.1. The smallest absolute Gasteiger partial charge is 0.390 e. The minimum absolute atomic E-state index is 0.133. The molecule has 13 heavy (non-hydrogen) atoms. The van der Waals surface area contributed by atoms with Gasteiger partial charge in [-0.2, -0.15) is 13.2 Å². The molecule has 0 aliphatic heterocycles. The van der Waals surface area contributed by atoms with Gasteiger partial charge in [0.1, 0.15) is 0 Å². The maximum atomic E-state index is 11.8. The second kappa shape index (κ2) is 3.83. The van der Waals surface area contributed by atoms with Crippen molar-refractivity contribution in [3.05, 3.63) is 24.0 Å². The van der Waals surface area contributed by atoms with Crippen LogP contribution in [0.4, 0.5) is 13.2 Å². The van der Waals surface area contributed by atoms with E-state index in [1.165, 1.54) is 10.8 Å². The highest BCUT2D eigenvalue weighted by Gasteiger charge is 2.26. The lowest BCUT2D eigenvalue weighted by Gasteiger charge is -2.09. The number of aliphatic hydroxyl groups excluding tert-OH is 1. The number of rotatable bonds is 3. The van der Waals surface area contributed by atoms with Gasteiger partial charge in [-0.05, 0) is 12.1 Å². The van der Waals surface area contributed by atoms with E-state index in [0.717, 1.165) is 0 Å². The van der Waals surface area contributed by atoms with Crippen LogP contribution in [0.5, 0.6) is 0 Å². The standard InChI is InChI=1S/C8H10F3NO/c9-8(10,11)3-5-12-4-1-2-7(12)6-13/h1-2,4,13H,3,5-6H2. The van der Waals surface area contributed by atoms with Crippen molar-refractivity contribution in [3.63, 3.8) is 0 Å². The molecule has 0 fully saturated rings. The van der Waals surface area contributed by atoms with Crippen LogP contribution in [0.1, 0.15) is 12.1 Å². The van der Waals surface area contributed by atoms with Crippen LogP contribution in [0.3, 0.4) is 0 Å². The van der Waals surface area contributed by atoms with E-state index in [1.54, 1.807) is 12.1 Å². The number of halogens is 3. The number of aliphatic hydroxyl groups is 1. The maximum absolute atomic E-state index is 11.8. The van der Waals surface area contributed by atoms with Crippen LogP contribution in [-0.4, -0.2) is 15.8 Å². The summed E-state index contributed by atoms with van der Waals surface area (Å²) in [6.07, 6.45) is -3.48. The normalized spacial score (nSPS) is 12.0. The third-order valence-corrected chi connectivity index (χ3v) is 1.72. The van der Waals surface area contributed by atoms with E-state index < -0.39 is 12.6 Å². The molecule has 0 aliphatic rings. The Balaban J connectivity index is 2.54. The zero-order chi connectivity index (χ0) is 9.90. The van der Waals surface area contributed by atoms with Gasteiger partial charge in [0.05, 0.1) is 13.0 Å². The van der Waals surface area contributed by atoms with Crippen LogP contribution in [0.15, 0.2) is 18.3 Å². The van der Waals surface area contributed by atoms with Crippen molar-refractivity contribution < 1.29 is 18.3 Å². The molecule has 0 aromatic carbocycles. The summed E-state index contributed by atoms with van der Waals surface area (Å²) in [5, 5.41) is 8.73. The van der Waals surface area contributed by atoms with E-state index in [-0.39, 0.29) is 13.2 Å². The molecule has 0 radical (unpaired) electrons. The van der Waals surface area contributed by atoms with E-state index in [9.17, 15) is 13.2 Å². The highest BCUT2D eigenvalue weighted by atomic mass is 19.4. The fourth-order valence-corrected chi connectivity index (χ4v) is 1.06. The van der Waals surface area contributed by atoms with Crippen molar-refractivity contribution in [2.45, 2.75) is 25.7 Å². The summed E-state index contributed by atoms with van der Waals surface area (Å²) in [6.45, 7) is -0.364. The molecular weight excluding hydrogens is 183 g/mol. The molecule has 0 saturated heterocycles. The molecule has 5 heteroatoms. The summed E-state index contributed by atoms with van der Waals surface area (Å²) < 4.78 is 36.8. The molecule has 1 aromatic heterocycles. The fraction of sp³-hybridized carbons (Fsp3) is 0.500. The predicted octanol–water partition coefficient (Wildman–Crippen LogP) is 1.93. The van der Waals surface area contributed by atoms with Crippen molar-refractivity contribution in [1.82, 2.24) is 4.57 Å². The molecular formula is C8H10F3NO. The lowest BCUT2D eigenvalue weighted by molar-refractivity contribution is -0.136. The van der Waals surface area contributed by atoms with Crippen molar-refractivity contribution in [1.29, 1.82) is 0 Å². The molecule has 0 amide bonds. The van der Waals surface area contributed by atoms with E-state index >= 15 is 0 Å². The molecule has 1 aromatic rings. The Hall–Kier alpha value is -0.970. The molecule has 0 bridgehead atoms. The van der Waals surface area contributed by atoms with Gasteiger partial charge in [0.2, 0.25) is 0 Å². The molecule has 1 rings (SSSR count). The highest BCUT2D eigenvalue weighted by molar-refractivity contribution is 5.05. The summed E-state index contributed by atoms with van der Waals surface area (Å²) in [5.41, 5.74) is 0.504. The second-order valence-electron chi connectivity index (χ2n) is 2.72. The van der Waals surface area contributed by atoms with Gasteiger partial charge in [-0.25, -0.2) is 0 Å². The number of aryl methyl sites for hydroxylation is 1. The first-order chi connectivity index (χ1) is 6.03.